The monoisotopic (exact) mass is 380 g/mol. The summed E-state index contributed by atoms with van der Waals surface area (Å²) in [4.78, 5) is 16.9. The minimum atomic E-state index is -0.0957. The molecular weight excluding hydrogens is 352 g/mol. The number of ether oxygens (including phenoxy) is 1. The molecule has 0 radical (unpaired) electrons. The zero-order chi connectivity index (χ0) is 18.6. The summed E-state index contributed by atoms with van der Waals surface area (Å²) in [7, 11) is 0. The van der Waals surface area contributed by atoms with Crippen molar-refractivity contribution in [3.8, 4) is 0 Å². The first-order valence-electron chi connectivity index (χ1n) is 9.29. The quantitative estimate of drug-likeness (QED) is 0.813. The van der Waals surface area contributed by atoms with E-state index in [1.165, 1.54) is 0 Å². The molecule has 0 bridgehead atoms. The molecule has 1 aromatic carbocycles. The minimum Gasteiger partial charge on any atom is -0.368 e. The van der Waals surface area contributed by atoms with Gasteiger partial charge in [-0.15, -0.1) is 0 Å². The molecule has 2 heterocycles. The summed E-state index contributed by atoms with van der Waals surface area (Å²) >= 11 is 6.09. The highest BCUT2D eigenvalue weighted by Crippen LogP contribution is 2.20. The van der Waals surface area contributed by atoms with Crippen molar-refractivity contribution in [2.45, 2.75) is 25.6 Å². The molecule has 0 unspecified atom stereocenters. The second kappa shape index (κ2) is 8.67. The van der Waals surface area contributed by atoms with Gasteiger partial charge in [0, 0.05) is 45.8 Å². The van der Waals surface area contributed by atoms with Gasteiger partial charge in [-0.2, -0.15) is 0 Å². The topological polar surface area (TPSA) is 56.8 Å². The molecule has 0 spiro atoms. The molecule has 6 nitrogen and oxygen atoms in total. The average Bonchev–Trinajstić information content (AvgIpc) is 2.58. The van der Waals surface area contributed by atoms with Gasteiger partial charge < -0.3 is 15.4 Å². The summed E-state index contributed by atoms with van der Waals surface area (Å²) in [5.41, 5.74) is 0.573. The van der Waals surface area contributed by atoms with Gasteiger partial charge in [-0.05, 0) is 26.0 Å². The summed E-state index contributed by atoms with van der Waals surface area (Å²) in [6, 6.07) is 7.31. The highest BCUT2D eigenvalue weighted by atomic mass is 35.5. The van der Waals surface area contributed by atoms with Crippen LogP contribution >= 0.6 is 11.6 Å². The zero-order valence-electron chi connectivity index (χ0n) is 15.6. The number of anilines is 1. The molecule has 2 aliphatic heterocycles. The number of amides is 1. The van der Waals surface area contributed by atoms with Crippen molar-refractivity contribution in [2.75, 3.05) is 57.7 Å². The van der Waals surface area contributed by atoms with Crippen LogP contribution in [0.25, 0.3) is 0 Å². The van der Waals surface area contributed by atoms with E-state index in [-0.39, 0.29) is 17.6 Å². The Balaban J connectivity index is 1.40. The van der Waals surface area contributed by atoms with Crippen molar-refractivity contribution in [3.63, 3.8) is 0 Å². The molecule has 2 fully saturated rings. The number of benzene rings is 1. The van der Waals surface area contributed by atoms with E-state index < -0.39 is 0 Å². The zero-order valence-corrected chi connectivity index (χ0v) is 16.4. The maximum atomic E-state index is 12.2. The lowest BCUT2D eigenvalue weighted by atomic mass is 10.1. The Labute approximate surface area is 160 Å². The summed E-state index contributed by atoms with van der Waals surface area (Å²) < 4.78 is 6.15. The van der Waals surface area contributed by atoms with Gasteiger partial charge in [-0.1, -0.05) is 23.7 Å². The number of hydrogen-bond acceptors (Lipinski definition) is 5. The van der Waals surface area contributed by atoms with Gasteiger partial charge in [-0.25, -0.2) is 0 Å². The minimum absolute atomic E-state index is 0.0203. The van der Waals surface area contributed by atoms with Crippen LogP contribution in [0.2, 0.25) is 5.02 Å². The van der Waals surface area contributed by atoms with Gasteiger partial charge in [0.15, 0.2) is 0 Å². The molecule has 2 N–H and O–H groups in total. The van der Waals surface area contributed by atoms with Crippen LogP contribution in [0.1, 0.15) is 13.8 Å². The molecule has 1 atom stereocenters. The van der Waals surface area contributed by atoms with Gasteiger partial charge in [-0.3, -0.25) is 14.6 Å². The number of para-hydroxylation sites is 1. The van der Waals surface area contributed by atoms with Crippen LogP contribution in [0.15, 0.2) is 24.3 Å². The van der Waals surface area contributed by atoms with Crippen LogP contribution in [0.3, 0.4) is 0 Å². The lowest BCUT2D eigenvalue weighted by Gasteiger charge is -2.41. The van der Waals surface area contributed by atoms with Gasteiger partial charge >= 0.3 is 0 Å². The largest absolute Gasteiger partial charge is 0.368 e. The van der Waals surface area contributed by atoms with Crippen molar-refractivity contribution in [1.29, 1.82) is 0 Å². The molecule has 26 heavy (non-hydrogen) atoms. The van der Waals surface area contributed by atoms with Gasteiger partial charge in [0.2, 0.25) is 5.91 Å². The van der Waals surface area contributed by atoms with Gasteiger partial charge in [0.05, 0.1) is 29.0 Å². The van der Waals surface area contributed by atoms with Crippen LogP contribution in [0.4, 0.5) is 5.69 Å². The van der Waals surface area contributed by atoms with E-state index in [1.54, 1.807) is 6.07 Å². The normalized spacial score (nSPS) is 24.3. The fourth-order valence-electron chi connectivity index (χ4n) is 3.54. The maximum Gasteiger partial charge on any atom is 0.238 e. The Morgan fingerprint density at radius 3 is 2.65 bits per heavy atom. The van der Waals surface area contributed by atoms with Gasteiger partial charge in [0.25, 0.3) is 0 Å². The average molecular weight is 381 g/mol. The molecule has 3 rings (SSSR count). The smallest absolute Gasteiger partial charge is 0.238 e. The number of nitrogens with one attached hydrogen (secondary N) is 2. The molecule has 2 aliphatic rings. The lowest BCUT2D eigenvalue weighted by molar-refractivity contribution is -0.118. The molecule has 0 aromatic heterocycles. The van der Waals surface area contributed by atoms with Crippen molar-refractivity contribution >= 4 is 23.2 Å². The second-order valence-electron chi connectivity index (χ2n) is 7.74. The van der Waals surface area contributed by atoms with E-state index >= 15 is 0 Å². The predicted molar refractivity (Wildman–Crippen MR) is 105 cm³/mol. The van der Waals surface area contributed by atoms with Crippen LogP contribution in [0.5, 0.6) is 0 Å². The van der Waals surface area contributed by atoms with Crippen molar-refractivity contribution < 1.29 is 9.53 Å². The first kappa shape index (κ1) is 19.6. The molecule has 1 amide bonds. The van der Waals surface area contributed by atoms with E-state index in [9.17, 15) is 4.79 Å². The van der Waals surface area contributed by atoms with Crippen LogP contribution in [-0.2, 0) is 9.53 Å². The number of rotatable bonds is 5. The molecule has 0 saturated carbocycles. The molecule has 1 aromatic rings. The Kier molecular flexibility index (Phi) is 6.53. The third kappa shape index (κ3) is 5.66. The number of carbonyl (C=O) groups is 1. The Morgan fingerprint density at radius 1 is 1.27 bits per heavy atom. The molecule has 144 valence electrons. The fraction of sp³-hybridized carbons (Fsp3) is 0.632. The summed E-state index contributed by atoms with van der Waals surface area (Å²) in [6.07, 6.45) is 0.230. The van der Waals surface area contributed by atoms with E-state index in [1.807, 2.05) is 18.2 Å². The highest BCUT2D eigenvalue weighted by molar-refractivity contribution is 6.33. The molecular formula is C19H29ClN4O2. The van der Waals surface area contributed by atoms with Crippen molar-refractivity contribution in [3.05, 3.63) is 29.3 Å². The Hall–Kier alpha value is -1.18. The fourth-order valence-corrected chi connectivity index (χ4v) is 3.73. The standard InChI is InChI=1S/C19H29ClN4O2/c1-19(2)14-21-11-15(26-19)12-23-7-9-24(10-8-23)13-18(25)22-17-6-4-3-5-16(17)20/h3-6,15,21H,7-14H2,1-2H3,(H,22,25)/t15-/m1/s1. The first-order chi connectivity index (χ1) is 12.4. The lowest BCUT2D eigenvalue weighted by Crippen LogP contribution is -2.56. The van der Waals surface area contributed by atoms with Gasteiger partial charge in [0.1, 0.15) is 0 Å². The summed E-state index contributed by atoms with van der Waals surface area (Å²) in [5.74, 6) is -0.0203. The van der Waals surface area contributed by atoms with E-state index in [0.29, 0.717) is 17.3 Å². The van der Waals surface area contributed by atoms with E-state index in [4.69, 9.17) is 16.3 Å². The Morgan fingerprint density at radius 2 is 1.96 bits per heavy atom. The summed E-state index contributed by atoms with van der Waals surface area (Å²) in [5, 5.41) is 6.90. The van der Waals surface area contributed by atoms with Crippen LogP contribution in [-0.4, -0.2) is 79.8 Å². The number of halogens is 1. The number of hydrogen-bond donors (Lipinski definition) is 2. The maximum absolute atomic E-state index is 12.2. The van der Waals surface area contributed by atoms with E-state index in [2.05, 4.69) is 34.3 Å². The summed E-state index contributed by atoms with van der Waals surface area (Å²) in [6.45, 7) is 11.1. The number of morpholine rings is 1. The first-order valence-corrected chi connectivity index (χ1v) is 9.67. The molecule has 7 heteroatoms. The van der Waals surface area contributed by atoms with E-state index in [0.717, 1.165) is 45.8 Å². The predicted octanol–water partition coefficient (Wildman–Crippen LogP) is 1.66. The van der Waals surface area contributed by atoms with Crippen molar-refractivity contribution in [2.24, 2.45) is 0 Å². The van der Waals surface area contributed by atoms with Crippen molar-refractivity contribution in [1.82, 2.24) is 15.1 Å². The van der Waals surface area contributed by atoms with Crippen LogP contribution in [0, 0.1) is 0 Å². The van der Waals surface area contributed by atoms with Crippen LogP contribution < -0.4 is 10.6 Å². The SMILES string of the molecule is CC1(C)CNC[C@H](CN2CCN(CC(=O)Nc3ccccc3Cl)CC2)O1. The number of carbonyl (C=O) groups excluding carboxylic acids is 1. The highest BCUT2D eigenvalue weighted by Gasteiger charge is 2.30. The molecule has 2 saturated heterocycles. The second-order valence-corrected chi connectivity index (χ2v) is 8.14. The third-order valence-electron chi connectivity index (χ3n) is 4.85. The molecule has 0 aliphatic carbocycles. The third-order valence-corrected chi connectivity index (χ3v) is 5.18. The number of nitrogens with zero attached hydrogens (tertiary/aromatic N) is 2. The Bertz CT molecular complexity index is 617. The number of piperazine rings is 1.